The Kier molecular flexibility index (Phi) is 6.11. The van der Waals surface area contributed by atoms with Gasteiger partial charge in [-0.3, -0.25) is 4.79 Å². The highest BCUT2D eigenvalue weighted by atomic mass is 32.2. The summed E-state index contributed by atoms with van der Waals surface area (Å²) in [6.07, 6.45) is 4.39. The summed E-state index contributed by atoms with van der Waals surface area (Å²) in [6.45, 7) is 4.79. The standard InChI is InChI=1S/C23H29N3O3S/c1-18-17-20(11-12-21(18)26-16-5-10-23(26)27)30(28,29)24-13-6-15-25-14-4-8-19-7-2-3-9-22(19)25/h2-3,7,9,11-12,17,24H,4-6,8,10,13-16H2,1H3. The molecule has 7 heteroatoms. The van der Waals surface area contributed by atoms with Crippen molar-refractivity contribution in [1.82, 2.24) is 4.72 Å². The minimum absolute atomic E-state index is 0.103. The molecule has 1 fully saturated rings. The highest BCUT2D eigenvalue weighted by Crippen LogP contribution is 2.28. The highest BCUT2D eigenvalue weighted by molar-refractivity contribution is 7.89. The maximum atomic E-state index is 12.7. The van der Waals surface area contributed by atoms with Crippen molar-refractivity contribution in [2.45, 2.75) is 43.9 Å². The molecule has 0 spiro atoms. The van der Waals surface area contributed by atoms with E-state index < -0.39 is 10.0 Å². The van der Waals surface area contributed by atoms with E-state index in [9.17, 15) is 13.2 Å². The number of hydrogen-bond acceptors (Lipinski definition) is 4. The number of carbonyl (C=O) groups is 1. The second-order valence-electron chi connectivity index (χ2n) is 8.07. The summed E-state index contributed by atoms with van der Waals surface area (Å²) in [5.41, 5.74) is 4.25. The smallest absolute Gasteiger partial charge is 0.240 e. The Labute approximate surface area is 178 Å². The summed E-state index contributed by atoms with van der Waals surface area (Å²) in [4.78, 5) is 16.3. The SMILES string of the molecule is Cc1cc(S(=O)(=O)NCCCN2CCCc3ccccc32)ccc1N1CCCC1=O. The van der Waals surface area contributed by atoms with E-state index in [0.29, 0.717) is 19.5 Å². The lowest BCUT2D eigenvalue weighted by Crippen LogP contribution is -2.33. The fourth-order valence-corrected chi connectivity index (χ4v) is 5.56. The van der Waals surface area contributed by atoms with E-state index in [0.717, 1.165) is 50.0 Å². The number of anilines is 2. The molecular weight excluding hydrogens is 398 g/mol. The number of fused-ring (bicyclic) bond motifs is 1. The van der Waals surface area contributed by atoms with E-state index in [4.69, 9.17) is 0 Å². The van der Waals surface area contributed by atoms with Crippen LogP contribution in [0.2, 0.25) is 0 Å². The Balaban J connectivity index is 1.35. The van der Waals surface area contributed by atoms with Gasteiger partial charge in [0.1, 0.15) is 0 Å². The van der Waals surface area contributed by atoms with Crippen LogP contribution in [0.25, 0.3) is 0 Å². The van der Waals surface area contributed by atoms with Crippen molar-refractivity contribution in [3.8, 4) is 0 Å². The van der Waals surface area contributed by atoms with Crippen LogP contribution in [0.4, 0.5) is 11.4 Å². The summed E-state index contributed by atoms with van der Waals surface area (Å²) in [5.74, 6) is 0.103. The topological polar surface area (TPSA) is 69.7 Å². The number of para-hydroxylation sites is 1. The van der Waals surface area contributed by atoms with E-state index in [1.807, 2.05) is 6.92 Å². The molecule has 2 aromatic rings. The Hall–Kier alpha value is -2.38. The van der Waals surface area contributed by atoms with Gasteiger partial charge in [-0.2, -0.15) is 0 Å². The van der Waals surface area contributed by atoms with Crippen LogP contribution in [0.5, 0.6) is 0 Å². The van der Waals surface area contributed by atoms with Gasteiger partial charge < -0.3 is 9.80 Å². The molecule has 4 rings (SSSR count). The molecule has 2 aliphatic rings. The number of benzene rings is 2. The van der Waals surface area contributed by atoms with Crippen molar-refractivity contribution in [1.29, 1.82) is 0 Å². The molecule has 0 aromatic heterocycles. The maximum Gasteiger partial charge on any atom is 0.240 e. The van der Waals surface area contributed by atoms with Gasteiger partial charge in [0.25, 0.3) is 0 Å². The minimum atomic E-state index is -3.57. The fraction of sp³-hybridized carbons (Fsp3) is 0.435. The molecule has 0 atom stereocenters. The monoisotopic (exact) mass is 427 g/mol. The molecular formula is C23H29N3O3S. The third-order valence-corrected chi connectivity index (χ3v) is 7.40. The number of amides is 1. The van der Waals surface area contributed by atoms with Crippen molar-refractivity contribution in [3.63, 3.8) is 0 Å². The van der Waals surface area contributed by atoms with Crippen molar-refractivity contribution >= 4 is 27.3 Å². The zero-order valence-electron chi connectivity index (χ0n) is 17.4. The lowest BCUT2D eigenvalue weighted by Gasteiger charge is -2.31. The quantitative estimate of drug-likeness (QED) is 0.689. The third kappa shape index (κ3) is 4.37. The van der Waals surface area contributed by atoms with Crippen molar-refractivity contribution in [2.24, 2.45) is 0 Å². The molecule has 1 N–H and O–H groups in total. The largest absolute Gasteiger partial charge is 0.371 e. The summed E-state index contributed by atoms with van der Waals surface area (Å²) in [6, 6.07) is 13.4. The van der Waals surface area contributed by atoms with Gasteiger partial charge in [0.15, 0.2) is 0 Å². The van der Waals surface area contributed by atoms with Crippen LogP contribution >= 0.6 is 0 Å². The molecule has 0 aliphatic carbocycles. The van der Waals surface area contributed by atoms with Gasteiger partial charge in [-0.1, -0.05) is 18.2 Å². The highest BCUT2D eigenvalue weighted by Gasteiger charge is 2.24. The molecule has 2 aliphatic heterocycles. The number of carbonyl (C=O) groups excluding carboxylic acids is 1. The van der Waals surface area contributed by atoms with Gasteiger partial charge in [-0.25, -0.2) is 13.1 Å². The van der Waals surface area contributed by atoms with Crippen molar-refractivity contribution < 1.29 is 13.2 Å². The first-order valence-electron chi connectivity index (χ1n) is 10.7. The van der Waals surface area contributed by atoms with Crippen molar-refractivity contribution in [3.05, 3.63) is 53.6 Å². The molecule has 30 heavy (non-hydrogen) atoms. The Morgan fingerprint density at radius 3 is 2.57 bits per heavy atom. The zero-order chi connectivity index (χ0) is 21.1. The van der Waals surface area contributed by atoms with Crippen molar-refractivity contribution in [2.75, 3.05) is 36.0 Å². The summed E-state index contributed by atoms with van der Waals surface area (Å²) in [7, 11) is -3.57. The van der Waals surface area contributed by atoms with Crippen LogP contribution in [-0.2, 0) is 21.2 Å². The maximum absolute atomic E-state index is 12.7. The van der Waals surface area contributed by atoms with Gasteiger partial charge in [-0.05, 0) is 68.0 Å². The first-order valence-corrected chi connectivity index (χ1v) is 12.2. The lowest BCUT2D eigenvalue weighted by molar-refractivity contribution is -0.117. The molecule has 160 valence electrons. The summed E-state index contributed by atoms with van der Waals surface area (Å²) in [5, 5.41) is 0. The number of nitrogens with one attached hydrogen (secondary N) is 1. The second-order valence-corrected chi connectivity index (χ2v) is 9.83. The van der Waals surface area contributed by atoms with E-state index in [2.05, 4.69) is 33.9 Å². The lowest BCUT2D eigenvalue weighted by atomic mass is 10.0. The van der Waals surface area contributed by atoms with E-state index in [1.54, 1.807) is 23.1 Å². The van der Waals surface area contributed by atoms with Gasteiger partial charge in [0.05, 0.1) is 4.90 Å². The molecule has 2 aromatic carbocycles. The number of hydrogen-bond donors (Lipinski definition) is 1. The van der Waals surface area contributed by atoms with Crippen LogP contribution in [0.1, 0.15) is 36.8 Å². The number of rotatable bonds is 7. The molecule has 0 radical (unpaired) electrons. The second kappa shape index (κ2) is 8.78. The molecule has 1 amide bonds. The van der Waals surface area contributed by atoms with Crippen LogP contribution in [0.15, 0.2) is 47.4 Å². The van der Waals surface area contributed by atoms with E-state index >= 15 is 0 Å². The van der Waals surface area contributed by atoms with E-state index in [1.165, 1.54) is 11.3 Å². The average Bonchev–Trinajstić information content (AvgIpc) is 3.17. The normalized spacial score (nSPS) is 16.8. The average molecular weight is 428 g/mol. The Morgan fingerprint density at radius 2 is 1.80 bits per heavy atom. The predicted molar refractivity (Wildman–Crippen MR) is 120 cm³/mol. The molecule has 6 nitrogen and oxygen atoms in total. The van der Waals surface area contributed by atoms with Gasteiger partial charge >= 0.3 is 0 Å². The van der Waals surface area contributed by atoms with Gasteiger partial charge in [-0.15, -0.1) is 0 Å². The first kappa shape index (κ1) is 20.9. The van der Waals surface area contributed by atoms with Gasteiger partial charge in [0, 0.05) is 44.0 Å². The minimum Gasteiger partial charge on any atom is -0.371 e. The zero-order valence-corrected chi connectivity index (χ0v) is 18.2. The Morgan fingerprint density at radius 1 is 1.00 bits per heavy atom. The van der Waals surface area contributed by atoms with Crippen LogP contribution in [-0.4, -0.2) is 40.5 Å². The van der Waals surface area contributed by atoms with E-state index in [-0.39, 0.29) is 10.8 Å². The molecule has 1 saturated heterocycles. The van der Waals surface area contributed by atoms with Crippen LogP contribution < -0.4 is 14.5 Å². The summed E-state index contributed by atoms with van der Waals surface area (Å²) >= 11 is 0. The molecule has 0 unspecified atom stereocenters. The fourth-order valence-electron chi connectivity index (χ4n) is 4.40. The Bertz CT molecular complexity index is 1040. The third-order valence-electron chi connectivity index (χ3n) is 5.95. The predicted octanol–water partition coefficient (Wildman–Crippen LogP) is 3.24. The molecule has 0 saturated carbocycles. The summed E-state index contributed by atoms with van der Waals surface area (Å²) < 4.78 is 28.2. The number of nitrogens with zero attached hydrogens (tertiary/aromatic N) is 2. The van der Waals surface area contributed by atoms with Gasteiger partial charge in [0.2, 0.25) is 15.9 Å². The molecule has 2 heterocycles. The van der Waals surface area contributed by atoms with Crippen LogP contribution in [0, 0.1) is 6.92 Å². The molecule has 0 bridgehead atoms. The number of aryl methyl sites for hydroxylation is 2. The number of sulfonamides is 1. The van der Waals surface area contributed by atoms with Crippen LogP contribution in [0.3, 0.4) is 0 Å². The first-order chi connectivity index (χ1) is 14.5.